The fraction of sp³-hybridized carbons (Fsp3) is 0.474. The average molecular weight is 394 g/mol. The van der Waals surface area contributed by atoms with Crippen molar-refractivity contribution < 1.29 is 23.1 Å². The summed E-state index contributed by atoms with van der Waals surface area (Å²) in [5.41, 5.74) is 0.546. The first-order valence-electron chi connectivity index (χ1n) is 9.27. The Bertz CT molecular complexity index is 876. The van der Waals surface area contributed by atoms with E-state index in [2.05, 4.69) is 15.7 Å². The molecule has 1 saturated heterocycles. The van der Waals surface area contributed by atoms with E-state index < -0.39 is 17.8 Å². The van der Waals surface area contributed by atoms with Crippen molar-refractivity contribution in [2.45, 2.75) is 31.0 Å². The molecule has 2 unspecified atom stereocenters. The molecular weight excluding hydrogens is 373 g/mol. The Kier molecular flexibility index (Phi) is 4.88. The van der Waals surface area contributed by atoms with Gasteiger partial charge in [-0.05, 0) is 31.0 Å². The second kappa shape index (κ2) is 7.21. The first-order valence-corrected chi connectivity index (χ1v) is 9.27. The zero-order chi connectivity index (χ0) is 19.9. The van der Waals surface area contributed by atoms with Gasteiger partial charge in [-0.2, -0.15) is 18.3 Å². The fourth-order valence-electron chi connectivity index (χ4n) is 3.55. The number of β-amino-alcohol motifs (C(OH)–C–C–N with tert-alkyl or cyclic N) is 1. The number of nitrogens with zero attached hydrogens (tertiary/aromatic N) is 2. The first kappa shape index (κ1) is 18.9. The van der Waals surface area contributed by atoms with E-state index in [9.17, 15) is 23.1 Å². The highest BCUT2D eigenvalue weighted by Crippen LogP contribution is 2.42. The van der Waals surface area contributed by atoms with Crippen molar-refractivity contribution in [3.8, 4) is 5.69 Å². The van der Waals surface area contributed by atoms with Gasteiger partial charge in [-0.3, -0.25) is 4.79 Å². The normalized spacial score (nSPS) is 22.4. The highest BCUT2D eigenvalue weighted by Gasteiger charge is 2.35. The number of alkyl halides is 3. The molecule has 0 spiro atoms. The minimum absolute atomic E-state index is 0.0631. The lowest BCUT2D eigenvalue weighted by atomic mass is 10.1. The smallest absolute Gasteiger partial charge is 0.391 e. The van der Waals surface area contributed by atoms with Gasteiger partial charge in [-0.15, -0.1) is 0 Å². The zero-order valence-corrected chi connectivity index (χ0v) is 15.0. The van der Waals surface area contributed by atoms with Crippen LogP contribution in [-0.4, -0.2) is 46.5 Å². The van der Waals surface area contributed by atoms with E-state index in [-0.39, 0.29) is 23.4 Å². The molecule has 1 aromatic carbocycles. The SMILES string of the molecule is O=C(NCC1CNCC1O)c1cnn(-c2cccc(C(F)(F)F)c2)c1C1CC1. The van der Waals surface area contributed by atoms with Crippen molar-refractivity contribution in [1.29, 1.82) is 0 Å². The number of halogens is 3. The van der Waals surface area contributed by atoms with Crippen LogP contribution in [0.5, 0.6) is 0 Å². The van der Waals surface area contributed by atoms with E-state index in [1.165, 1.54) is 16.9 Å². The Morgan fingerprint density at radius 3 is 2.75 bits per heavy atom. The quantitative estimate of drug-likeness (QED) is 0.726. The Labute approximate surface area is 159 Å². The van der Waals surface area contributed by atoms with Crippen molar-refractivity contribution >= 4 is 5.91 Å². The van der Waals surface area contributed by atoms with Gasteiger partial charge in [0.25, 0.3) is 5.91 Å². The second-order valence-electron chi connectivity index (χ2n) is 7.37. The number of hydrogen-bond acceptors (Lipinski definition) is 4. The van der Waals surface area contributed by atoms with Gasteiger partial charge < -0.3 is 15.7 Å². The average Bonchev–Trinajstić information content (AvgIpc) is 3.26. The summed E-state index contributed by atoms with van der Waals surface area (Å²) in [5, 5.41) is 19.9. The Morgan fingerprint density at radius 2 is 2.11 bits per heavy atom. The lowest BCUT2D eigenvalue weighted by Gasteiger charge is -2.15. The molecule has 9 heteroatoms. The van der Waals surface area contributed by atoms with E-state index >= 15 is 0 Å². The molecular formula is C19H21F3N4O2. The Morgan fingerprint density at radius 1 is 1.32 bits per heavy atom. The monoisotopic (exact) mass is 394 g/mol. The molecule has 150 valence electrons. The molecule has 0 radical (unpaired) electrons. The van der Waals surface area contributed by atoms with E-state index in [1.807, 2.05) is 0 Å². The summed E-state index contributed by atoms with van der Waals surface area (Å²) in [6.45, 7) is 1.45. The predicted molar refractivity (Wildman–Crippen MR) is 95.2 cm³/mol. The molecule has 2 atom stereocenters. The van der Waals surface area contributed by atoms with Gasteiger partial charge in [0.15, 0.2) is 0 Å². The van der Waals surface area contributed by atoms with E-state index in [4.69, 9.17) is 0 Å². The van der Waals surface area contributed by atoms with Gasteiger partial charge in [0, 0.05) is 31.5 Å². The number of rotatable bonds is 5. The van der Waals surface area contributed by atoms with E-state index in [1.54, 1.807) is 6.07 Å². The molecule has 1 aliphatic heterocycles. The summed E-state index contributed by atoms with van der Waals surface area (Å²) < 4.78 is 40.6. The Balaban J connectivity index is 1.59. The molecule has 28 heavy (non-hydrogen) atoms. The van der Waals surface area contributed by atoms with Gasteiger partial charge in [0.1, 0.15) is 0 Å². The largest absolute Gasteiger partial charge is 0.416 e. The molecule has 6 nitrogen and oxygen atoms in total. The van der Waals surface area contributed by atoms with Crippen LogP contribution in [0.25, 0.3) is 5.69 Å². The van der Waals surface area contributed by atoms with Crippen LogP contribution < -0.4 is 10.6 Å². The van der Waals surface area contributed by atoms with Crippen molar-refractivity contribution in [2.24, 2.45) is 5.92 Å². The molecule has 2 aromatic rings. The number of nitrogens with one attached hydrogen (secondary N) is 2. The third-order valence-corrected chi connectivity index (χ3v) is 5.26. The van der Waals surface area contributed by atoms with Crippen LogP contribution in [0.1, 0.15) is 40.4 Å². The van der Waals surface area contributed by atoms with Crippen LogP contribution in [0.2, 0.25) is 0 Å². The number of hydrogen-bond donors (Lipinski definition) is 3. The van der Waals surface area contributed by atoms with E-state index in [0.29, 0.717) is 30.9 Å². The van der Waals surface area contributed by atoms with Gasteiger partial charge in [0.2, 0.25) is 0 Å². The van der Waals surface area contributed by atoms with Gasteiger partial charge in [-0.1, -0.05) is 6.07 Å². The molecule has 1 amide bonds. The predicted octanol–water partition coefficient (Wildman–Crippen LogP) is 2.08. The molecule has 3 N–H and O–H groups in total. The van der Waals surface area contributed by atoms with Crippen LogP contribution in [0.15, 0.2) is 30.5 Å². The summed E-state index contributed by atoms with van der Waals surface area (Å²) >= 11 is 0. The topological polar surface area (TPSA) is 79.2 Å². The molecule has 0 bridgehead atoms. The number of carbonyl (C=O) groups is 1. The first-order chi connectivity index (χ1) is 13.3. The minimum Gasteiger partial charge on any atom is -0.391 e. The number of aliphatic hydroxyl groups excluding tert-OH is 1. The minimum atomic E-state index is -4.45. The summed E-state index contributed by atoms with van der Waals surface area (Å²) in [4.78, 5) is 12.7. The molecule has 1 saturated carbocycles. The van der Waals surface area contributed by atoms with Crippen molar-refractivity contribution in [3.05, 3.63) is 47.3 Å². The maximum atomic E-state index is 13.0. The molecule has 2 fully saturated rings. The van der Waals surface area contributed by atoms with Gasteiger partial charge in [-0.25, -0.2) is 4.68 Å². The standard InChI is InChI=1S/C19H21F3N4O2/c20-19(21,22)13-2-1-3-14(6-13)26-17(11-4-5-11)15(9-25-26)18(28)24-8-12-7-23-10-16(12)27/h1-3,6,9,11-12,16,23,27H,4-5,7-8,10H2,(H,24,28). The number of aliphatic hydroxyl groups is 1. The van der Waals surface area contributed by atoms with Crippen LogP contribution >= 0.6 is 0 Å². The number of aromatic nitrogens is 2. The lowest BCUT2D eigenvalue weighted by Crippen LogP contribution is -2.34. The second-order valence-corrected chi connectivity index (χ2v) is 7.37. The molecule has 2 heterocycles. The van der Waals surface area contributed by atoms with E-state index in [0.717, 1.165) is 25.0 Å². The van der Waals surface area contributed by atoms with Crippen LogP contribution in [-0.2, 0) is 6.18 Å². The van der Waals surface area contributed by atoms with Crippen LogP contribution in [0, 0.1) is 5.92 Å². The summed E-state index contributed by atoms with van der Waals surface area (Å²) in [6.07, 6.45) is -1.80. The Hall–Kier alpha value is -2.39. The number of amides is 1. The summed E-state index contributed by atoms with van der Waals surface area (Å²) in [6, 6.07) is 4.95. The highest BCUT2D eigenvalue weighted by atomic mass is 19.4. The summed E-state index contributed by atoms with van der Waals surface area (Å²) in [7, 11) is 0. The summed E-state index contributed by atoms with van der Waals surface area (Å²) in [5.74, 6) is -0.275. The van der Waals surface area contributed by atoms with Gasteiger partial charge >= 0.3 is 6.18 Å². The van der Waals surface area contributed by atoms with Crippen LogP contribution in [0.4, 0.5) is 13.2 Å². The third-order valence-electron chi connectivity index (χ3n) is 5.26. The lowest BCUT2D eigenvalue weighted by molar-refractivity contribution is -0.137. The van der Waals surface area contributed by atoms with Crippen molar-refractivity contribution in [2.75, 3.05) is 19.6 Å². The number of benzene rings is 1. The fourth-order valence-corrected chi connectivity index (χ4v) is 3.55. The van der Waals surface area contributed by atoms with Crippen LogP contribution in [0.3, 0.4) is 0 Å². The maximum Gasteiger partial charge on any atom is 0.416 e. The molecule has 2 aliphatic rings. The molecule has 1 aliphatic carbocycles. The van der Waals surface area contributed by atoms with Gasteiger partial charge in [0.05, 0.1) is 34.8 Å². The van der Waals surface area contributed by atoms with Crippen molar-refractivity contribution in [3.63, 3.8) is 0 Å². The maximum absolute atomic E-state index is 13.0. The number of carbonyl (C=O) groups excluding carboxylic acids is 1. The molecule has 4 rings (SSSR count). The third kappa shape index (κ3) is 3.77. The zero-order valence-electron chi connectivity index (χ0n) is 15.0. The highest BCUT2D eigenvalue weighted by molar-refractivity contribution is 5.95. The van der Waals surface area contributed by atoms with Crippen molar-refractivity contribution in [1.82, 2.24) is 20.4 Å². The molecule has 1 aromatic heterocycles.